The summed E-state index contributed by atoms with van der Waals surface area (Å²) in [5, 5.41) is 3.50. The number of thiazole rings is 1. The number of nitrogens with one attached hydrogen (secondary N) is 1. The molecule has 2 heterocycles. The lowest BCUT2D eigenvalue weighted by Gasteiger charge is -2.03. The molecule has 3 aromatic rings. The highest BCUT2D eigenvalue weighted by molar-refractivity contribution is 7.14. The number of carbonyl (C=O) groups is 1. The van der Waals surface area contributed by atoms with Crippen LogP contribution in [0.1, 0.15) is 44.0 Å². The fourth-order valence-electron chi connectivity index (χ4n) is 2.74. The van der Waals surface area contributed by atoms with Crippen molar-refractivity contribution in [2.45, 2.75) is 33.4 Å². The Morgan fingerprint density at radius 2 is 1.97 bits per heavy atom. The number of hydrogen-bond donors (Lipinski definition) is 2. The Morgan fingerprint density at radius 3 is 2.67 bits per heavy atom. The van der Waals surface area contributed by atoms with Gasteiger partial charge in [-0.25, -0.2) is 4.98 Å². The van der Waals surface area contributed by atoms with Crippen LogP contribution in [0.25, 0.3) is 5.70 Å². The summed E-state index contributed by atoms with van der Waals surface area (Å²) in [5.41, 5.74) is 10.7. The molecule has 1 aromatic carbocycles. The molecule has 0 spiro atoms. The van der Waals surface area contributed by atoms with Gasteiger partial charge in [0.1, 0.15) is 9.88 Å². The van der Waals surface area contributed by atoms with Crippen molar-refractivity contribution in [2.75, 3.05) is 0 Å². The van der Waals surface area contributed by atoms with Crippen molar-refractivity contribution in [3.8, 4) is 0 Å². The van der Waals surface area contributed by atoms with Crippen LogP contribution in [0.4, 0.5) is 0 Å². The van der Waals surface area contributed by atoms with E-state index in [1.807, 2.05) is 12.1 Å². The lowest BCUT2D eigenvalue weighted by molar-refractivity contribution is 0.0954. The van der Waals surface area contributed by atoms with Gasteiger partial charge < -0.3 is 11.1 Å². The number of hydrogen-bond acceptors (Lipinski definition) is 6. The molecule has 6 nitrogen and oxygen atoms in total. The van der Waals surface area contributed by atoms with Gasteiger partial charge in [-0.05, 0) is 42.2 Å². The molecule has 0 aliphatic heterocycles. The Morgan fingerprint density at radius 1 is 1.20 bits per heavy atom. The Labute approximate surface area is 180 Å². The van der Waals surface area contributed by atoms with Crippen LogP contribution in [0.15, 0.2) is 59.9 Å². The van der Waals surface area contributed by atoms with E-state index >= 15 is 0 Å². The number of allylic oxidation sites excluding steroid dienone is 1. The summed E-state index contributed by atoms with van der Waals surface area (Å²) in [7, 11) is 0. The Bertz CT molecular complexity index is 1040. The maximum absolute atomic E-state index is 12.5. The predicted octanol–water partition coefficient (Wildman–Crippen LogP) is 3.91. The molecule has 0 fully saturated rings. The second kappa shape index (κ2) is 10.5. The van der Waals surface area contributed by atoms with Crippen molar-refractivity contribution in [3.63, 3.8) is 0 Å². The van der Waals surface area contributed by atoms with E-state index in [4.69, 9.17) is 5.73 Å². The van der Waals surface area contributed by atoms with Crippen LogP contribution in [-0.4, -0.2) is 22.1 Å². The topological polar surface area (TPSA) is 93.3 Å². The van der Waals surface area contributed by atoms with E-state index in [-0.39, 0.29) is 5.91 Å². The van der Waals surface area contributed by atoms with E-state index in [2.05, 4.69) is 51.5 Å². The molecule has 30 heavy (non-hydrogen) atoms. The molecule has 0 saturated carbocycles. The first kappa shape index (κ1) is 21.4. The summed E-state index contributed by atoms with van der Waals surface area (Å²) in [6.07, 6.45) is 7.85. The van der Waals surface area contributed by atoms with E-state index in [1.165, 1.54) is 16.9 Å². The molecule has 0 atom stereocenters. The third-order valence-electron chi connectivity index (χ3n) is 4.49. The van der Waals surface area contributed by atoms with E-state index in [0.29, 0.717) is 34.4 Å². The van der Waals surface area contributed by atoms with Gasteiger partial charge in [0, 0.05) is 25.2 Å². The van der Waals surface area contributed by atoms with Crippen LogP contribution < -0.4 is 11.1 Å². The molecular weight excluding hydrogens is 394 g/mol. The zero-order valence-corrected chi connectivity index (χ0v) is 17.9. The molecule has 3 N–H and O–H groups in total. The Balaban J connectivity index is 1.59. The molecule has 0 saturated heterocycles. The SMILES string of the molecule is CCc1ccc(CN=CC=C(N)c2nc(C)c(C(=O)NCc3cccnc3)s2)cc1. The summed E-state index contributed by atoms with van der Waals surface area (Å²) < 4.78 is 0. The number of nitrogens with zero attached hydrogens (tertiary/aromatic N) is 3. The van der Waals surface area contributed by atoms with Crippen LogP contribution >= 0.6 is 11.3 Å². The number of rotatable bonds is 8. The van der Waals surface area contributed by atoms with Gasteiger partial charge in [-0.3, -0.25) is 14.8 Å². The number of aryl methyl sites for hydroxylation is 2. The fraction of sp³-hybridized carbons (Fsp3) is 0.217. The van der Waals surface area contributed by atoms with Crippen molar-refractivity contribution in [3.05, 3.63) is 87.1 Å². The number of pyridine rings is 1. The molecule has 0 aliphatic rings. The summed E-state index contributed by atoms with van der Waals surface area (Å²) in [6.45, 7) is 4.94. The zero-order valence-electron chi connectivity index (χ0n) is 17.1. The first-order valence-corrected chi connectivity index (χ1v) is 10.6. The smallest absolute Gasteiger partial charge is 0.263 e. The minimum absolute atomic E-state index is 0.169. The van der Waals surface area contributed by atoms with Gasteiger partial charge in [-0.1, -0.05) is 37.3 Å². The predicted molar refractivity (Wildman–Crippen MR) is 122 cm³/mol. The summed E-state index contributed by atoms with van der Waals surface area (Å²) in [4.78, 5) is 25.9. The Kier molecular flexibility index (Phi) is 7.45. The van der Waals surface area contributed by atoms with Crippen LogP contribution in [0, 0.1) is 6.92 Å². The Hall–Kier alpha value is -3.32. The quantitative estimate of drug-likeness (QED) is 0.541. The lowest BCUT2D eigenvalue weighted by Crippen LogP contribution is -2.22. The van der Waals surface area contributed by atoms with Crippen molar-refractivity contribution in [1.82, 2.24) is 15.3 Å². The number of aromatic nitrogens is 2. The first-order valence-electron chi connectivity index (χ1n) is 9.75. The highest BCUT2D eigenvalue weighted by Crippen LogP contribution is 2.22. The van der Waals surface area contributed by atoms with Gasteiger partial charge in [0.25, 0.3) is 5.91 Å². The van der Waals surface area contributed by atoms with Crippen LogP contribution in [0.5, 0.6) is 0 Å². The fourth-order valence-corrected chi connectivity index (χ4v) is 3.66. The van der Waals surface area contributed by atoms with Gasteiger partial charge in [0.2, 0.25) is 0 Å². The molecule has 0 bridgehead atoms. The zero-order chi connectivity index (χ0) is 21.3. The maximum atomic E-state index is 12.5. The van der Waals surface area contributed by atoms with E-state index in [1.54, 1.807) is 31.6 Å². The standard InChI is InChI=1S/C23H25N5OS/c1-3-17-6-8-18(9-7-17)13-26-12-10-20(24)23-28-16(2)21(30-23)22(29)27-15-19-5-4-11-25-14-19/h4-12,14H,3,13,15,24H2,1-2H3,(H,27,29). The van der Waals surface area contributed by atoms with Gasteiger partial charge in [0.15, 0.2) is 0 Å². The highest BCUT2D eigenvalue weighted by atomic mass is 32.1. The average molecular weight is 420 g/mol. The molecule has 0 aliphatic carbocycles. The second-order valence-corrected chi connectivity index (χ2v) is 7.76. The number of aliphatic imine (C=N–C) groups is 1. The van der Waals surface area contributed by atoms with E-state index in [0.717, 1.165) is 17.5 Å². The molecule has 1 amide bonds. The lowest BCUT2D eigenvalue weighted by atomic mass is 10.1. The van der Waals surface area contributed by atoms with Gasteiger partial charge in [-0.2, -0.15) is 0 Å². The van der Waals surface area contributed by atoms with Gasteiger partial charge in [0.05, 0.1) is 17.9 Å². The van der Waals surface area contributed by atoms with Crippen molar-refractivity contribution in [2.24, 2.45) is 10.7 Å². The first-order chi connectivity index (χ1) is 14.6. The van der Waals surface area contributed by atoms with Crippen molar-refractivity contribution < 1.29 is 4.79 Å². The monoisotopic (exact) mass is 419 g/mol. The van der Waals surface area contributed by atoms with Crippen LogP contribution in [-0.2, 0) is 19.5 Å². The maximum Gasteiger partial charge on any atom is 0.263 e. The van der Waals surface area contributed by atoms with Crippen LogP contribution in [0.3, 0.4) is 0 Å². The molecule has 0 unspecified atom stereocenters. The van der Waals surface area contributed by atoms with Gasteiger partial charge >= 0.3 is 0 Å². The molecular formula is C23H25N5OS. The second-order valence-electron chi connectivity index (χ2n) is 6.76. The third-order valence-corrected chi connectivity index (χ3v) is 5.70. The molecule has 3 rings (SSSR count). The minimum atomic E-state index is -0.169. The molecule has 2 aromatic heterocycles. The number of amides is 1. The number of nitrogens with two attached hydrogens (primary N) is 1. The molecule has 7 heteroatoms. The van der Waals surface area contributed by atoms with Crippen molar-refractivity contribution >= 4 is 29.2 Å². The van der Waals surface area contributed by atoms with Crippen molar-refractivity contribution in [1.29, 1.82) is 0 Å². The minimum Gasteiger partial charge on any atom is -0.396 e. The molecule has 154 valence electrons. The average Bonchev–Trinajstić information content (AvgIpc) is 3.18. The summed E-state index contributed by atoms with van der Waals surface area (Å²) in [6, 6.07) is 12.2. The number of benzene rings is 1. The van der Waals surface area contributed by atoms with Gasteiger partial charge in [-0.15, -0.1) is 11.3 Å². The van der Waals surface area contributed by atoms with Crippen LogP contribution in [0.2, 0.25) is 0 Å². The van der Waals surface area contributed by atoms with E-state index < -0.39 is 0 Å². The van der Waals surface area contributed by atoms with E-state index in [9.17, 15) is 4.79 Å². The normalized spacial score (nSPS) is 11.7. The molecule has 0 radical (unpaired) electrons. The largest absolute Gasteiger partial charge is 0.396 e. The summed E-state index contributed by atoms with van der Waals surface area (Å²) >= 11 is 1.28. The number of carbonyl (C=O) groups excluding carboxylic acids is 1. The summed E-state index contributed by atoms with van der Waals surface area (Å²) in [5.74, 6) is -0.169. The highest BCUT2D eigenvalue weighted by Gasteiger charge is 2.16. The third kappa shape index (κ3) is 5.84.